The van der Waals surface area contributed by atoms with Gasteiger partial charge >= 0.3 is 0 Å². The standard InChI is InChI=1S/C20H22F2N4O3/c1-12-4-3-5-14(10-12)17-24-15(25-29-17)16(27)23-13(2)18(28)26-9-8-19(6-7-19)20(21,22)11-26/h3-5,10,13H,6-9,11H2,1-2H3,(H,23,27). The van der Waals surface area contributed by atoms with Crippen LogP contribution in [-0.4, -0.2) is 51.9 Å². The number of piperidine rings is 1. The highest BCUT2D eigenvalue weighted by molar-refractivity contribution is 5.94. The number of benzene rings is 1. The van der Waals surface area contributed by atoms with Gasteiger partial charge in [0.15, 0.2) is 0 Å². The molecule has 1 aromatic heterocycles. The van der Waals surface area contributed by atoms with Crippen LogP contribution >= 0.6 is 0 Å². The maximum atomic E-state index is 14.3. The highest BCUT2D eigenvalue weighted by atomic mass is 19.3. The van der Waals surface area contributed by atoms with Crippen LogP contribution in [0.15, 0.2) is 28.8 Å². The summed E-state index contributed by atoms with van der Waals surface area (Å²) in [6.45, 7) is 3.04. The number of hydrogen-bond donors (Lipinski definition) is 1. The molecule has 2 heterocycles. The van der Waals surface area contributed by atoms with Crippen LogP contribution in [0, 0.1) is 12.3 Å². The first-order valence-electron chi connectivity index (χ1n) is 9.59. The normalized spacial score (nSPS) is 20.3. The SMILES string of the molecule is Cc1cccc(-c2nc(C(=O)NC(C)C(=O)N3CCC4(CC4)C(F)(F)C3)no2)c1. The third-order valence-corrected chi connectivity index (χ3v) is 5.80. The van der Waals surface area contributed by atoms with Crippen LogP contribution in [-0.2, 0) is 4.79 Å². The van der Waals surface area contributed by atoms with Gasteiger partial charge in [0.05, 0.1) is 6.54 Å². The van der Waals surface area contributed by atoms with Crippen LogP contribution < -0.4 is 5.32 Å². The number of carbonyl (C=O) groups excluding carboxylic acids is 2. The lowest BCUT2D eigenvalue weighted by Crippen LogP contribution is -2.56. The van der Waals surface area contributed by atoms with E-state index in [9.17, 15) is 18.4 Å². The lowest BCUT2D eigenvalue weighted by Gasteiger charge is -2.39. The zero-order valence-corrected chi connectivity index (χ0v) is 16.2. The average molecular weight is 404 g/mol. The van der Waals surface area contributed by atoms with E-state index in [-0.39, 0.29) is 24.7 Å². The van der Waals surface area contributed by atoms with E-state index in [1.54, 1.807) is 6.07 Å². The van der Waals surface area contributed by atoms with Gasteiger partial charge in [-0.3, -0.25) is 9.59 Å². The third kappa shape index (κ3) is 3.61. The summed E-state index contributed by atoms with van der Waals surface area (Å²) in [4.78, 5) is 30.1. The molecular formula is C20H22F2N4O3. The van der Waals surface area contributed by atoms with Crippen molar-refractivity contribution in [2.24, 2.45) is 5.41 Å². The Balaban J connectivity index is 1.39. The number of alkyl halides is 2. The molecule has 2 amide bonds. The second-order valence-electron chi connectivity index (χ2n) is 7.98. The zero-order chi connectivity index (χ0) is 20.8. The molecule has 2 fully saturated rings. The Hall–Kier alpha value is -2.84. The summed E-state index contributed by atoms with van der Waals surface area (Å²) in [5.74, 6) is -4.17. The van der Waals surface area contributed by atoms with Crippen molar-refractivity contribution in [3.63, 3.8) is 0 Å². The van der Waals surface area contributed by atoms with Gasteiger partial charge in [-0.1, -0.05) is 22.9 Å². The fraction of sp³-hybridized carbons (Fsp3) is 0.500. The molecule has 2 aliphatic rings. The van der Waals surface area contributed by atoms with Crippen LogP contribution in [0.5, 0.6) is 0 Å². The molecule has 1 saturated carbocycles. The summed E-state index contributed by atoms with van der Waals surface area (Å²) in [5.41, 5.74) is 0.745. The Morgan fingerprint density at radius 1 is 1.28 bits per heavy atom. The first kappa shape index (κ1) is 19.5. The molecule has 0 radical (unpaired) electrons. The summed E-state index contributed by atoms with van der Waals surface area (Å²) < 4.78 is 33.8. The molecule has 1 unspecified atom stereocenters. The minimum Gasteiger partial charge on any atom is -0.338 e. The number of hydrogen-bond acceptors (Lipinski definition) is 5. The first-order valence-corrected chi connectivity index (χ1v) is 9.59. The summed E-state index contributed by atoms with van der Waals surface area (Å²) in [6, 6.07) is 6.38. The topological polar surface area (TPSA) is 88.3 Å². The molecular weight excluding hydrogens is 382 g/mol. The number of amides is 2. The number of carbonyl (C=O) groups is 2. The van der Waals surface area contributed by atoms with Gasteiger partial charge in [0.2, 0.25) is 5.91 Å². The Morgan fingerprint density at radius 2 is 2.03 bits per heavy atom. The number of aromatic nitrogens is 2. The zero-order valence-electron chi connectivity index (χ0n) is 16.2. The molecule has 1 aliphatic heterocycles. The van der Waals surface area contributed by atoms with Gasteiger partial charge in [0, 0.05) is 17.5 Å². The Labute approximate surface area is 166 Å². The molecule has 1 atom stereocenters. The van der Waals surface area contributed by atoms with E-state index in [0.717, 1.165) is 10.5 Å². The monoisotopic (exact) mass is 404 g/mol. The number of rotatable bonds is 4. The van der Waals surface area contributed by atoms with Gasteiger partial charge < -0.3 is 14.7 Å². The molecule has 154 valence electrons. The largest absolute Gasteiger partial charge is 0.338 e. The van der Waals surface area contributed by atoms with E-state index in [4.69, 9.17) is 4.52 Å². The molecule has 29 heavy (non-hydrogen) atoms. The van der Waals surface area contributed by atoms with Crippen molar-refractivity contribution in [2.75, 3.05) is 13.1 Å². The van der Waals surface area contributed by atoms with Crippen molar-refractivity contribution in [1.29, 1.82) is 0 Å². The van der Waals surface area contributed by atoms with Crippen LogP contribution in [0.2, 0.25) is 0 Å². The van der Waals surface area contributed by atoms with Crippen molar-refractivity contribution in [2.45, 2.75) is 45.1 Å². The van der Waals surface area contributed by atoms with Gasteiger partial charge in [0.25, 0.3) is 23.5 Å². The Kier molecular flexibility index (Phi) is 4.63. The minimum atomic E-state index is -2.89. The molecule has 1 aliphatic carbocycles. The second-order valence-corrected chi connectivity index (χ2v) is 7.98. The lowest BCUT2D eigenvalue weighted by atomic mass is 9.89. The van der Waals surface area contributed by atoms with E-state index < -0.39 is 35.7 Å². The van der Waals surface area contributed by atoms with Crippen molar-refractivity contribution >= 4 is 11.8 Å². The number of likely N-dealkylation sites (tertiary alicyclic amines) is 1. The maximum absolute atomic E-state index is 14.3. The van der Waals surface area contributed by atoms with E-state index in [2.05, 4.69) is 15.5 Å². The highest BCUT2D eigenvalue weighted by Crippen LogP contribution is 2.61. The van der Waals surface area contributed by atoms with E-state index in [1.165, 1.54) is 6.92 Å². The quantitative estimate of drug-likeness (QED) is 0.847. The van der Waals surface area contributed by atoms with E-state index in [1.807, 2.05) is 25.1 Å². The Morgan fingerprint density at radius 3 is 2.69 bits per heavy atom. The van der Waals surface area contributed by atoms with Crippen LogP contribution in [0.3, 0.4) is 0 Å². The molecule has 7 nitrogen and oxygen atoms in total. The average Bonchev–Trinajstić information content (AvgIpc) is 3.30. The van der Waals surface area contributed by atoms with Crippen molar-refractivity contribution in [3.8, 4) is 11.5 Å². The van der Waals surface area contributed by atoms with Gasteiger partial charge in [0.1, 0.15) is 6.04 Å². The predicted octanol–water partition coefficient (Wildman–Crippen LogP) is 2.81. The molecule has 1 aromatic carbocycles. The predicted molar refractivity (Wildman–Crippen MR) is 99.2 cm³/mol. The lowest BCUT2D eigenvalue weighted by molar-refractivity contribution is -0.156. The molecule has 0 bridgehead atoms. The number of nitrogens with zero attached hydrogens (tertiary/aromatic N) is 3. The summed E-state index contributed by atoms with van der Waals surface area (Å²) in [7, 11) is 0. The van der Waals surface area contributed by atoms with Crippen molar-refractivity contribution in [1.82, 2.24) is 20.4 Å². The Bertz CT molecular complexity index is 955. The van der Waals surface area contributed by atoms with Gasteiger partial charge in [-0.05, 0) is 45.2 Å². The minimum absolute atomic E-state index is 0.184. The number of halogens is 2. The van der Waals surface area contributed by atoms with Gasteiger partial charge in [-0.15, -0.1) is 0 Å². The molecule has 1 spiro atoms. The van der Waals surface area contributed by atoms with Crippen LogP contribution in [0.25, 0.3) is 11.5 Å². The summed E-state index contributed by atoms with van der Waals surface area (Å²) in [5, 5.41) is 6.13. The van der Waals surface area contributed by atoms with Crippen molar-refractivity contribution < 1.29 is 22.9 Å². The number of aryl methyl sites for hydroxylation is 1. The van der Waals surface area contributed by atoms with E-state index >= 15 is 0 Å². The maximum Gasteiger partial charge on any atom is 0.293 e. The fourth-order valence-electron chi connectivity index (χ4n) is 3.78. The summed E-state index contributed by atoms with van der Waals surface area (Å²) in [6.07, 6.45) is 1.31. The third-order valence-electron chi connectivity index (χ3n) is 5.80. The summed E-state index contributed by atoms with van der Waals surface area (Å²) >= 11 is 0. The second kappa shape index (κ2) is 6.89. The molecule has 1 saturated heterocycles. The molecule has 9 heteroatoms. The van der Waals surface area contributed by atoms with Gasteiger partial charge in [-0.2, -0.15) is 4.98 Å². The smallest absolute Gasteiger partial charge is 0.293 e. The van der Waals surface area contributed by atoms with Crippen LogP contribution in [0.4, 0.5) is 8.78 Å². The van der Waals surface area contributed by atoms with E-state index in [0.29, 0.717) is 18.4 Å². The number of nitrogens with one attached hydrogen (secondary N) is 1. The first-order chi connectivity index (χ1) is 13.7. The molecule has 1 N–H and O–H groups in total. The van der Waals surface area contributed by atoms with Gasteiger partial charge in [-0.25, -0.2) is 8.78 Å². The van der Waals surface area contributed by atoms with Crippen molar-refractivity contribution in [3.05, 3.63) is 35.7 Å². The fourth-order valence-corrected chi connectivity index (χ4v) is 3.78. The van der Waals surface area contributed by atoms with Crippen LogP contribution in [0.1, 0.15) is 42.4 Å². The molecule has 2 aromatic rings. The highest BCUT2D eigenvalue weighted by Gasteiger charge is 2.64. The molecule has 4 rings (SSSR count).